The molecule has 0 saturated heterocycles. The van der Waals surface area contributed by atoms with Gasteiger partial charge in [0.05, 0.1) is 0 Å². The van der Waals surface area contributed by atoms with Gasteiger partial charge in [-0.2, -0.15) is 0 Å². The minimum Gasteiger partial charge on any atom is -0.299 e. The summed E-state index contributed by atoms with van der Waals surface area (Å²) in [7, 11) is 0. The number of allylic oxidation sites excluding steroid dienone is 12. The van der Waals surface area contributed by atoms with Crippen LogP contribution in [-0.2, 0) is 28.8 Å². The van der Waals surface area contributed by atoms with E-state index in [1.165, 1.54) is 57.8 Å². The predicted octanol–water partition coefficient (Wildman–Crippen LogP) is 27.7. The molecule has 0 spiro atoms. The number of ketones is 6. The number of hydrogen-bond donors (Lipinski definition) is 0. The van der Waals surface area contributed by atoms with Gasteiger partial charge < -0.3 is 0 Å². The second kappa shape index (κ2) is 49.7. The molecule has 3 rings (SSSR count). The Morgan fingerprint density at radius 1 is 0.347 bits per heavy atom. The van der Waals surface area contributed by atoms with Crippen LogP contribution in [0.2, 0.25) is 0 Å². The summed E-state index contributed by atoms with van der Waals surface area (Å²) in [6.07, 6.45) is 49.7. The van der Waals surface area contributed by atoms with Gasteiger partial charge >= 0.3 is 0 Å². The van der Waals surface area contributed by atoms with Crippen LogP contribution in [0, 0.1) is 97.1 Å². The van der Waals surface area contributed by atoms with Crippen molar-refractivity contribution >= 4 is 34.7 Å². The van der Waals surface area contributed by atoms with E-state index in [2.05, 4.69) is 221 Å². The van der Waals surface area contributed by atoms with Crippen LogP contribution < -0.4 is 0 Å². The Hall–Kier alpha value is -3.80. The van der Waals surface area contributed by atoms with Crippen molar-refractivity contribution in [3.05, 3.63) is 85.6 Å². The Labute approximate surface area is 610 Å². The lowest BCUT2D eigenvalue weighted by molar-refractivity contribution is -0.126. The molecule has 3 saturated carbocycles. The number of carbonyl (C=O) groups excluding carboxylic acids is 6. The molecular formula is C92H164O6. The molecule has 6 heteroatoms. The van der Waals surface area contributed by atoms with Crippen molar-refractivity contribution in [3.8, 4) is 0 Å². The molecule has 0 aromatic rings. The average molecular weight is 1370 g/mol. The molecule has 0 aromatic heterocycles. The van der Waals surface area contributed by atoms with Crippen LogP contribution in [0.4, 0.5) is 0 Å². The minimum absolute atomic E-state index is 0.0837. The van der Waals surface area contributed by atoms with Gasteiger partial charge in [-0.1, -0.05) is 289 Å². The molecule has 6 unspecified atom stereocenters. The monoisotopic (exact) mass is 1370 g/mol. The van der Waals surface area contributed by atoms with Crippen molar-refractivity contribution in [2.24, 2.45) is 97.1 Å². The van der Waals surface area contributed by atoms with E-state index < -0.39 is 0 Å². The van der Waals surface area contributed by atoms with Crippen LogP contribution in [0.25, 0.3) is 0 Å². The zero-order valence-corrected chi connectivity index (χ0v) is 70.4. The Morgan fingerprint density at radius 3 is 0.816 bits per heavy atom. The lowest BCUT2D eigenvalue weighted by Crippen LogP contribution is -2.25. The molecule has 3 aliphatic carbocycles. The third-order valence-corrected chi connectivity index (χ3v) is 18.1. The molecule has 3 fully saturated rings. The standard InChI is InChI=1S/C17H30O.C16H28O.C16H30O.2C15H26O.C13H24O/c1-5-6-11-15(12-14-9-7-8-10-14)16(18)13-17(2,3)4;1-5-6-10-14(11-13-8-7-9-13)15(17)12-16(2,3)4;1-8-9-10-13(11-15(2,3)4)14(17)12-16(5,6)7;1-5-6-7-13(10-12-8-9-12)14(16)11-15(2,3)4;1-7-8-9-13(10-12(2)3)14(16)11-15(4,5)6;1-7-8-11(10(2)3)12(14)9-13(4,5)6/h5-6,14-15H,7-13H2,1-4H3;5-6,13-14H,7-12H2,1-4H3;8-9,13H,10-12H2,1-7H3;5-6,12-13H,7-11H2,1-4H3;7-8,13H,2,9-11H2,1,3-6H3;7,10-11H,1,8-9H2,2-6H3/b2*6-5+;9-8+;6-5+;8-7+;. The quantitative estimate of drug-likeness (QED) is 0.0595. The summed E-state index contributed by atoms with van der Waals surface area (Å²) < 4.78 is 0. The molecule has 6 nitrogen and oxygen atoms in total. The largest absolute Gasteiger partial charge is 0.299 e. The normalized spacial score (nSPS) is 17.0. The molecule has 0 bridgehead atoms. The van der Waals surface area contributed by atoms with E-state index in [4.69, 9.17) is 0 Å². The van der Waals surface area contributed by atoms with Crippen molar-refractivity contribution in [2.75, 3.05) is 0 Å². The lowest BCUT2D eigenvalue weighted by atomic mass is 9.75. The average Bonchev–Trinajstić information content (AvgIpc) is 1.59. The van der Waals surface area contributed by atoms with E-state index in [9.17, 15) is 28.8 Å². The highest BCUT2D eigenvalue weighted by Gasteiger charge is 2.33. The van der Waals surface area contributed by atoms with Crippen LogP contribution in [0.1, 0.15) is 368 Å². The summed E-state index contributed by atoms with van der Waals surface area (Å²) in [6.45, 7) is 69.0. The first kappa shape index (κ1) is 98.4. The van der Waals surface area contributed by atoms with E-state index >= 15 is 0 Å². The van der Waals surface area contributed by atoms with Gasteiger partial charge in [0.15, 0.2) is 0 Å². The second-order valence-corrected chi connectivity index (χ2v) is 39.1. The highest BCUT2D eigenvalue weighted by Crippen LogP contribution is 2.40. The fraction of sp³-hybridized carbons (Fsp3) is 0.783. The van der Waals surface area contributed by atoms with E-state index in [0.29, 0.717) is 59.9 Å². The summed E-state index contributed by atoms with van der Waals surface area (Å²) in [4.78, 5) is 73.3. The van der Waals surface area contributed by atoms with Crippen molar-refractivity contribution in [1.82, 2.24) is 0 Å². The molecule has 568 valence electrons. The fourth-order valence-corrected chi connectivity index (χ4v) is 12.9. The van der Waals surface area contributed by atoms with Gasteiger partial charge in [-0.15, -0.1) is 13.2 Å². The topological polar surface area (TPSA) is 102 Å². The van der Waals surface area contributed by atoms with E-state index in [1.807, 2.05) is 59.8 Å². The molecule has 0 aliphatic heterocycles. The molecule has 0 amide bonds. The number of carbonyl (C=O) groups is 6. The molecule has 98 heavy (non-hydrogen) atoms. The lowest BCUT2D eigenvalue weighted by Gasteiger charge is -2.30. The van der Waals surface area contributed by atoms with Crippen LogP contribution in [0.5, 0.6) is 0 Å². The molecule has 3 aliphatic rings. The highest BCUT2D eigenvalue weighted by molar-refractivity contribution is 5.84. The highest BCUT2D eigenvalue weighted by atomic mass is 16.1. The van der Waals surface area contributed by atoms with Crippen molar-refractivity contribution < 1.29 is 28.8 Å². The number of rotatable bonds is 34. The third kappa shape index (κ3) is 58.8. The molecule has 0 radical (unpaired) electrons. The van der Waals surface area contributed by atoms with Crippen LogP contribution in [0.3, 0.4) is 0 Å². The van der Waals surface area contributed by atoms with Gasteiger partial charge in [-0.3, -0.25) is 28.8 Å². The minimum atomic E-state index is 0.0837. The zero-order valence-electron chi connectivity index (χ0n) is 70.4. The van der Waals surface area contributed by atoms with Crippen LogP contribution >= 0.6 is 0 Å². The van der Waals surface area contributed by atoms with Gasteiger partial charge in [0.25, 0.3) is 0 Å². The van der Waals surface area contributed by atoms with E-state index in [1.54, 1.807) is 0 Å². The Kier molecular flexibility index (Phi) is 49.9. The Balaban J connectivity index is -0.00000111. The second-order valence-electron chi connectivity index (χ2n) is 39.1. The van der Waals surface area contributed by atoms with Gasteiger partial charge in [-0.25, -0.2) is 0 Å². The fourth-order valence-electron chi connectivity index (χ4n) is 12.9. The molecule has 6 atom stereocenters. The summed E-state index contributed by atoms with van der Waals surface area (Å²) in [5.41, 5.74) is 1.99. The maximum atomic E-state index is 12.4. The SMILES string of the molecule is C/C=C/CC(CC(C)(C)C)C(=O)CC(C)(C)C.C/C=C/CC(CC1CC1)C(=O)CC(C)(C)C.C/C=C/CC(CC1CCC1)C(=O)CC(C)(C)C.C/C=C/CC(CC1CCCC1)C(=O)CC(C)(C)C.C=C(C)CC(C/C=C/C)C(=O)CC(C)(C)C.C=CCC(C(=O)CC(C)(C)C)C(C)C. The third-order valence-electron chi connectivity index (χ3n) is 18.1. The Morgan fingerprint density at radius 2 is 0.592 bits per heavy atom. The van der Waals surface area contributed by atoms with Gasteiger partial charge in [0, 0.05) is 74.0 Å². The first-order valence-electron chi connectivity index (χ1n) is 39.3. The van der Waals surface area contributed by atoms with Crippen molar-refractivity contribution in [3.63, 3.8) is 0 Å². The molecular weight excluding hydrogens is 1200 g/mol. The van der Waals surface area contributed by atoms with Crippen LogP contribution in [0.15, 0.2) is 85.6 Å². The summed E-state index contributed by atoms with van der Waals surface area (Å²) in [5, 5.41) is 0. The first-order valence-corrected chi connectivity index (χ1v) is 39.3. The van der Waals surface area contributed by atoms with Crippen LogP contribution in [-0.4, -0.2) is 34.7 Å². The summed E-state index contributed by atoms with van der Waals surface area (Å²) in [6, 6.07) is 0. The maximum absolute atomic E-state index is 12.4. The first-order chi connectivity index (χ1) is 44.8. The van der Waals surface area contributed by atoms with Crippen molar-refractivity contribution in [1.29, 1.82) is 0 Å². The van der Waals surface area contributed by atoms with Gasteiger partial charge in [0.2, 0.25) is 0 Å². The maximum Gasteiger partial charge on any atom is 0.137 e. The molecule has 0 N–H and O–H groups in total. The van der Waals surface area contributed by atoms with Gasteiger partial charge in [-0.05, 0) is 174 Å². The number of hydrogen-bond acceptors (Lipinski definition) is 6. The summed E-state index contributed by atoms with van der Waals surface area (Å²) in [5.74, 6) is 6.78. The zero-order chi connectivity index (χ0) is 76.5. The smallest absolute Gasteiger partial charge is 0.137 e. The molecule has 0 heterocycles. The Bertz CT molecular complexity index is 2380. The van der Waals surface area contributed by atoms with E-state index in [-0.39, 0.29) is 73.4 Å². The number of Topliss-reactive ketones (excluding diaryl/α,β-unsaturated/α-hetero) is 6. The van der Waals surface area contributed by atoms with Crippen molar-refractivity contribution in [2.45, 2.75) is 368 Å². The molecule has 0 aromatic carbocycles. The summed E-state index contributed by atoms with van der Waals surface area (Å²) >= 11 is 0. The van der Waals surface area contributed by atoms with E-state index in [0.717, 1.165) is 113 Å². The van der Waals surface area contributed by atoms with Gasteiger partial charge in [0.1, 0.15) is 34.7 Å². The predicted molar refractivity (Wildman–Crippen MR) is 432 cm³/mol.